The fourth-order valence-corrected chi connectivity index (χ4v) is 2.58. The molecule has 1 aromatic heterocycles. The number of amides is 1. The van der Waals surface area contributed by atoms with E-state index in [4.69, 9.17) is 0 Å². The molecule has 1 amide bonds. The van der Waals surface area contributed by atoms with Crippen LogP contribution in [0.4, 0.5) is 14.5 Å². The fourth-order valence-electron chi connectivity index (χ4n) is 1.74. The zero-order valence-corrected chi connectivity index (χ0v) is 13.4. The van der Waals surface area contributed by atoms with E-state index in [1.165, 1.54) is 36.0 Å². The van der Waals surface area contributed by atoms with Gasteiger partial charge in [-0.25, -0.2) is 0 Å². The lowest BCUT2D eigenvalue weighted by molar-refractivity contribution is -0.113. The highest BCUT2D eigenvalue weighted by molar-refractivity contribution is 7.99. The lowest BCUT2D eigenvalue weighted by Gasteiger charge is -2.10. The van der Waals surface area contributed by atoms with Gasteiger partial charge in [0.1, 0.15) is 12.1 Å². The maximum Gasteiger partial charge on any atom is 0.387 e. The molecule has 0 atom stereocenters. The summed E-state index contributed by atoms with van der Waals surface area (Å²) in [5.41, 5.74) is 0.502. The van der Waals surface area contributed by atoms with E-state index in [1.54, 1.807) is 6.33 Å². The van der Waals surface area contributed by atoms with Crippen LogP contribution in [0.3, 0.4) is 0 Å². The van der Waals surface area contributed by atoms with Gasteiger partial charge in [0.15, 0.2) is 5.16 Å². The van der Waals surface area contributed by atoms with E-state index in [-0.39, 0.29) is 23.5 Å². The summed E-state index contributed by atoms with van der Waals surface area (Å²) < 4.78 is 30.2. The predicted molar refractivity (Wildman–Crippen MR) is 82.8 cm³/mol. The molecule has 124 valence electrons. The Hall–Kier alpha value is -2.16. The molecular weight excluding hydrogens is 326 g/mol. The Labute approximate surface area is 136 Å². The second kappa shape index (κ2) is 7.91. The van der Waals surface area contributed by atoms with Gasteiger partial charge >= 0.3 is 6.61 Å². The standard InChI is InChI=1S/C14H16F2N4O2S/c1-9(2)20-8-17-19-14(20)23-7-12(21)18-10-3-5-11(6-4-10)22-13(15)16/h3-6,8-9,13H,7H2,1-2H3,(H,18,21). The summed E-state index contributed by atoms with van der Waals surface area (Å²) in [4.78, 5) is 11.9. The second-order valence-corrected chi connectivity index (χ2v) is 5.80. The summed E-state index contributed by atoms with van der Waals surface area (Å²) in [6.45, 7) is 1.12. The summed E-state index contributed by atoms with van der Waals surface area (Å²) in [7, 11) is 0. The number of thioether (sulfide) groups is 1. The van der Waals surface area contributed by atoms with Gasteiger partial charge in [0, 0.05) is 11.7 Å². The van der Waals surface area contributed by atoms with Crippen molar-refractivity contribution in [1.82, 2.24) is 14.8 Å². The van der Waals surface area contributed by atoms with Gasteiger partial charge in [-0.05, 0) is 38.1 Å². The number of nitrogens with one attached hydrogen (secondary N) is 1. The van der Waals surface area contributed by atoms with Crippen LogP contribution in [0.15, 0.2) is 35.7 Å². The molecule has 1 aromatic carbocycles. The van der Waals surface area contributed by atoms with Crippen LogP contribution >= 0.6 is 11.8 Å². The minimum Gasteiger partial charge on any atom is -0.435 e. The summed E-state index contributed by atoms with van der Waals surface area (Å²) in [6.07, 6.45) is 1.62. The number of nitrogens with zero attached hydrogens (tertiary/aromatic N) is 3. The Balaban J connectivity index is 1.86. The Morgan fingerprint density at radius 3 is 2.65 bits per heavy atom. The molecule has 0 radical (unpaired) electrons. The number of hydrogen-bond acceptors (Lipinski definition) is 5. The first-order chi connectivity index (χ1) is 11.0. The number of carbonyl (C=O) groups is 1. The zero-order valence-electron chi connectivity index (χ0n) is 12.6. The zero-order chi connectivity index (χ0) is 16.8. The molecule has 0 aliphatic heterocycles. The van der Waals surface area contributed by atoms with E-state index in [0.717, 1.165) is 0 Å². The predicted octanol–water partition coefficient (Wildman–Crippen LogP) is 3.19. The third-order valence-corrected chi connectivity index (χ3v) is 3.75. The molecule has 0 saturated carbocycles. The third-order valence-electron chi connectivity index (χ3n) is 2.79. The molecule has 0 unspecified atom stereocenters. The molecule has 1 heterocycles. The number of benzene rings is 1. The topological polar surface area (TPSA) is 69.0 Å². The van der Waals surface area contributed by atoms with Gasteiger partial charge in [-0.2, -0.15) is 8.78 Å². The average Bonchev–Trinajstić information content (AvgIpc) is 2.95. The monoisotopic (exact) mass is 342 g/mol. The molecule has 23 heavy (non-hydrogen) atoms. The van der Waals surface area contributed by atoms with E-state index in [0.29, 0.717) is 10.8 Å². The van der Waals surface area contributed by atoms with Gasteiger partial charge < -0.3 is 14.6 Å². The van der Waals surface area contributed by atoms with Crippen molar-refractivity contribution >= 4 is 23.4 Å². The van der Waals surface area contributed by atoms with Gasteiger partial charge in [-0.15, -0.1) is 10.2 Å². The van der Waals surface area contributed by atoms with Gasteiger partial charge in [0.25, 0.3) is 0 Å². The smallest absolute Gasteiger partial charge is 0.387 e. The molecule has 0 aliphatic rings. The molecule has 1 N–H and O–H groups in total. The number of aromatic nitrogens is 3. The van der Waals surface area contributed by atoms with Crippen molar-refractivity contribution in [3.05, 3.63) is 30.6 Å². The summed E-state index contributed by atoms with van der Waals surface area (Å²) >= 11 is 1.27. The number of anilines is 1. The van der Waals surface area contributed by atoms with Crippen LogP contribution < -0.4 is 10.1 Å². The fraction of sp³-hybridized carbons (Fsp3) is 0.357. The van der Waals surface area contributed by atoms with Gasteiger partial charge in [-0.1, -0.05) is 11.8 Å². The van der Waals surface area contributed by atoms with Crippen molar-refractivity contribution < 1.29 is 18.3 Å². The second-order valence-electron chi connectivity index (χ2n) is 4.85. The largest absolute Gasteiger partial charge is 0.435 e. The Bertz CT molecular complexity index is 646. The Kier molecular flexibility index (Phi) is 5.91. The third kappa shape index (κ3) is 5.20. The van der Waals surface area contributed by atoms with Crippen LogP contribution in [0.5, 0.6) is 5.75 Å². The highest BCUT2D eigenvalue weighted by Gasteiger charge is 2.11. The first kappa shape index (κ1) is 17.2. The summed E-state index contributed by atoms with van der Waals surface area (Å²) in [6, 6.07) is 5.93. The molecular formula is C14H16F2N4O2S. The van der Waals surface area contributed by atoms with Crippen LogP contribution in [0, 0.1) is 0 Å². The number of carbonyl (C=O) groups excluding carboxylic acids is 1. The van der Waals surface area contributed by atoms with Crippen molar-refractivity contribution in [2.45, 2.75) is 31.7 Å². The maximum atomic E-state index is 12.0. The molecule has 6 nitrogen and oxygen atoms in total. The van der Waals surface area contributed by atoms with Crippen molar-refractivity contribution in [1.29, 1.82) is 0 Å². The van der Waals surface area contributed by atoms with E-state index < -0.39 is 6.61 Å². The van der Waals surface area contributed by atoms with Crippen LogP contribution in [0.2, 0.25) is 0 Å². The van der Waals surface area contributed by atoms with Crippen molar-refractivity contribution in [2.75, 3.05) is 11.1 Å². The van der Waals surface area contributed by atoms with Crippen molar-refractivity contribution in [3.8, 4) is 5.75 Å². The lowest BCUT2D eigenvalue weighted by atomic mass is 10.3. The van der Waals surface area contributed by atoms with Crippen molar-refractivity contribution in [2.24, 2.45) is 0 Å². The van der Waals surface area contributed by atoms with Crippen LogP contribution in [0.1, 0.15) is 19.9 Å². The number of hydrogen-bond donors (Lipinski definition) is 1. The molecule has 9 heteroatoms. The first-order valence-electron chi connectivity index (χ1n) is 6.82. The lowest BCUT2D eigenvalue weighted by Crippen LogP contribution is -2.14. The quantitative estimate of drug-likeness (QED) is 0.783. The first-order valence-corrected chi connectivity index (χ1v) is 7.81. The molecule has 2 aromatic rings. The number of alkyl halides is 2. The van der Waals surface area contributed by atoms with Gasteiger partial charge in [0.05, 0.1) is 5.75 Å². The van der Waals surface area contributed by atoms with Crippen LogP contribution in [-0.2, 0) is 4.79 Å². The Morgan fingerprint density at radius 2 is 2.04 bits per heavy atom. The van der Waals surface area contributed by atoms with Crippen molar-refractivity contribution in [3.63, 3.8) is 0 Å². The van der Waals surface area contributed by atoms with Crippen LogP contribution in [0.25, 0.3) is 0 Å². The summed E-state index contributed by atoms with van der Waals surface area (Å²) in [5.74, 6) is -0.0195. The van der Waals surface area contributed by atoms with Gasteiger partial charge in [-0.3, -0.25) is 4.79 Å². The molecule has 0 spiro atoms. The normalized spacial score (nSPS) is 11.0. The van der Waals surface area contributed by atoms with E-state index in [1.807, 2.05) is 18.4 Å². The molecule has 0 bridgehead atoms. The van der Waals surface area contributed by atoms with E-state index >= 15 is 0 Å². The maximum absolute atomic E-state index is 12.0. The molecule has 0 aliphatic carbocycles. The number of halogens is 2. The van der Waals surface area contributed by atoms with E-state index in [2.05, 4.69) is 20.3 Å². The highest BCUT2D eigenvalue weighted by atomic mass is 32.2. The molecule has 0 saturated heterocycles. The SMILES string of the molecule is CC(C)n1cnnc1SCC(=O)Nc1ccc(OC(F)F)cc1. The molecule has 2 rings (SSSR count). The minimum atomic E-state index is -2.87. The minimum absolute atomic E-state index is 0.0393. The highest BCUT2D eigenvalue weighted by Crippen LogP contribution is 2.20. The van der Waals surface area contributed by atoms with Gasteiger partial charge in [0.2, 0.25) is 5.91 Å². The number of ether oxygens (including phenoxy) is 1. The van der Waals surface area contributed by atoms with E-state index in [9.17, 15) is 13.6 Å². The van der Waals surface area contributed by atoms with Crippen LogP contribution in [-0.4, -0.2) is 33.0 Å². The Morgan fingerprint density at radius 1 is 1.35 bits per heavy atom. The number of rotatable bonds is 7. The molecule has 0 fully saturated rings. The average molecular weight is 342 g/mol. The summed E-state index contributed by atoms with van der Waals surface area (Å²) in [5, 5.41) is 11.1.